The number of carbonyl (C=O) groups excluding carboxylic acids is 3. The lowest BCUT2D eigenvalue weighted by atomic mass is 10.2. The van der Waals surface area contributed by atoms with Gasteiger partial charge in [-0.2, -0.15) is 0 Å². The number of carbonyl (C=O) groups is 3. The Balaban J connectivity index is 1.69. The largest absolute Gasteiger partial charge is 0.494 e. The molecule has 0 spiro atoms. The van der Waals surface area contributed by atoms with E-state index < -0.39 is 24.4 Å². The van der Waals surface area contributed by atoms with Gasteiger partial charge in [-0.05, 0) is 49.6 Å². The highest BCUT2D eigenvalue weighted by Gasteiger charge is 2.13. The first-order chi connectivity index (χ1) is 13.0. The number of rotatable bonds is 9. The number of amides is 2. The minimum Gasteiger partial charge on any atom is -0.494 e. The van der Waals surface area contributed by atoms with Crippen molar-refractivity contribution in [3.8, 4) is 5.75 Å². The minimum absolute atomic E-state index is 0.157. The topological polar surface area (TPSA) is 93.7 Å². The lowest BCUT2D eigenvalue weighted by Crippen LogP contribution is -2.34. The molecule has 2 rings (SSSR count). The molecule has 0 radical (unpaired) electrons. The molecule has 1 atom stereocenters. The van der Waals surface area contributed by atoms with Crippen molar-refractivity contribution in [2.75, 3.05) is 19.8 Å². The average Bonchev–Trinajstić information content (AvgIpc) is 3.20. The van der Waals surface area contributed by atoms with Crippen LogP contribution in [-0.2, 0) is 14.3 Å². The van der Waals surface area contributed by atoms with Gasteiger partial charge in [0.1, 0.15) is 12.3 Å². The zero-order valence-electron chi connectivity index (χ0n) is 15.2. The highest BCUT2D eigenvalue weighted by molar-refractivity contribution is 7.10. The Morgan fingerprint density at radius 2 is 1.89 bits per heavy atom. The first kappa shape index (κ1) is 20.4. The lowest BCUT2D eigenvalue weighted by molar-refractivity contribution is -0.147. The summed E-state index contributed by atoms with van der Waals surface area (Å²) in [7, 11) is 0. The predicted octanol–water partition coefficient (Wildman–Crippen LogP) is 2.30. The van der Waals surface area contributed by atoms with Crippen molar-refractivity contribution in [3.05, 3.63) is 52.2 Å². The Hall–Kier alpha value is -2.87. The van der Waals surface area contributed by atoms with Gasteiger partial charge in [0.15, 0.2) is 6.61 Å². The average molecular weight is 390 g/mol. The summed E-state index contributed by atoms with van der Waals surface area (Å²) in [4.78, 5) is 36.5. The summed E-state index contributed by atoms with van der Waals surface area (Å²) in [6, 6.07) is 10.2. The number of ether oxygens (including phenoxy) is 2. The Bertz CT molecular complexity index is 759. The van der Waals surface area contributed by atoms with Crippen molar-refractivity contribution >= 4 is 29.1 Å². The summed E-state index contributed by atoms with van der Waals surface area (Å²) in [6.45, 7) is 3.54. The van der Waals surface area contributed by atoms with E-state index in [0.29, 0.717) is 17.9 Å². The number of benzene rings is 1. The number of nitrogens with one attached hydrogen (secondary N) is 2. The molecule has 2 aromatic rings. The third kappa shape index (κ3) is 6.74. The minimum atomic E-state index is -0.687. The molecule has 2 N–H and O–H groups in total. The van der Waals surface area contributed by atoms with E-state index in [1.54, 1.807) is 24.3 Å². The smallest absolute Gasteiger partial charge is 0.325 e. The van der Waals surface area contributed by atoms with Gasteiger partial charge >= 0.3 is 5.97 Å². The van der Waals surface area contributed by atoms with Gasteiger partial charge in [0.2, 0.25) is 0 Å². The molecule has 27 heavy (non-hydrogen) atoms. The highest BCUT2D eigenvalue weighted by atomic mass is 32.1. The van der Waals surface area contributed by atoms with Gasteiger partial charge in [-0.3, -0.25) is 14.4 Å². The first-order valence-electron chi connectivity index (χ1n) is 8.49. The Labute approximate surface area is 161 Å². The third-order valence-electron chi connectivity index (χ3n) is 3.53. The molecular formula is C19H22N2O5S. The summed E-state index contributed by atoms with van der Waals surface area (Å²) >= 11 is 1.53. The number of hydrogen-bond donors (Lipinski definition) is 2. The van der Waals surface area contributed by atoms with E-state index in [-0.39, 0.29) is 12.6 Å². The Morgan fingerprint density at radius 1 is 1.15 bits per heavy atom. The molecule has 0 fully saturated rings. The summed E-state index contributed by atoms with van der Waals surface area (Å²) in [5, 5.41) is 7.11. The molecule has 0 unspecified atom stereocenters. The maximum atomic E-state index is 12.0. The van der Waals surface area contributed by atoms with Crippen molar-refractivity contribution in [3.63, 3.8) is 0 Å². The molecule has 0 aliphatic rings. The second-order valence-electron chi connectivity index (χ2n) is 5.61. The van der Waals surface area contributed by atoms with Crippen LogP contribution in [0.3, 0.4) is 0 Å². The van der Waals surface area contributed by atoms with Gasteiger partial charge in [0, 0.05) is 10.4 Å². The monoisotopic (exact) mass is 390 g/mol. The molecule has 144 valence electrons. The van der Waals surface area contributed by atoms with Crippen molar-refractivity contribution in [1.82, 2.24) is 10.6 Å². The summed E-state index contributed by atoms with van der Waals surface area (Å²) < 4.78 is 10.2. The molecule has 0 saturated carbocycles. The Kier molecular flexibility index (Phi) is 7.81. The fourth-order valence-electron chi connectivity index (χ4n) is 2.21. The summed E-state index contributed by atoms with van der Waals surface area (Å²) in [5.74, 6) is -0.836. The number of hydrogen-bond acceptors (Lipinski definition) is 6. The molecule has 0 aliphatic carbocycles. The van der Waals surface area contributed by atoms with Crippen LogP contribution >= 0.6 is 11.3 Å². The molecule has 1 heterocycles. The second-order valence-corrected chi connectivity index (χ2v) is 6.58. The van der Waals surface area contributed by atoms with Crippen LogP contribution in [0.2, 0.25) is 0 Å². The van der Waals surface area contributed by atoms with Crippen molar-refractivity contribution in [2.45, 2.75) is 19.9 Å². The zero-order valence-corrected chi connectivity index (χ0v) is 16.0. The van der Waals surface area contributed by atoms with Crippen molar-refractivity contribution in [1.29, 1.82) is 0 Å². The maximum absolute atomic E-state index is 12.0. The molecule has 1 aromatic heterocycles. The van der Waals surface area contributed by atoms with Crippen molar-refractivity contribution in [2.24, 2.45) is 0 Å². The molecular weight excluding hydrogens is 368 g/mol. The van der Waals surface area contributed by atoms with E-state index in [9.17, 15) is 14.4 Å². The first-order valence-corrected chi connectivity index (χ1v) is 9.37. The van der Waals surface area contributed by atoms with Crippen LogP contribution in [0.1, 0.15) is 35.1 Å². The van der Waals surface area contributed by atoms with Gasteiger partial charge in [-0.25, -0.2) is 0 Å². The second kappa shape index (κ2) is 10.3. The van der Waals surface area contributed by atoms with E-state index in [1.165, 1.54) is 11.3 Å². The SMILES string of the molecule is CCOc1ccc(C(=O)NCC(=O)OCC(=O)N[C@@H](C)c2cccs2)cc1. The molecule has 0 aliphatic heterocycles. The standard InChI is InChI=1S/C19H22N2O5S/c1-3-25-15-8-6-14(7-9-15)19(24)20-11-18(23)26-12-17(22)21-13(2)16-5-4-10-27-16/h4-10,13H,3,11-12H2,1-2H3,(H,20,24)(H,21,22)/t13-/m0/s1. The zero-order chi connectivity index (χ0) is 19.6. The van der Waals surface area contributed by atoms with E-state index in [4.69, 9.17) is 9.47 Å². The normalized spacial score (nSPS) is 11.3. The van der Waals surface area contributed by atoms with Gasteiger partial charge in [0.05, 0.1) is 12.6 Å². The van der Waals surface area contributed by atoms with Gasteiger partial charge in [-0.1, -0.05) is 6.07 Å². The molecule has 8 heteroatoms. The number of esters is 1. The van der Waals surface area contributed by atoms with Crippen LogP contribution < -0.4 is 15.4 Å². The van der Waals surface area contributed by atoms with Gasteiger partial charge in [0.25, 0.3) is 11.8 Å². The van der Waals surface area contributed by atoms with Crippen molar-refractivity contribution < 1.29 is 23.9 Å². The molecule has 1 aromatic carbocycles. The fraction of sp³-hybridized carbons (Fsp3) is 0.316. The van der Waals surface area contributed by atoms with Crippen LogP contribution in [0.4, 0.5) is 0 Å². The molecule has 0 bridgehead atoms. The molecule has 7 nitrogen and oxygen atoms in total. The maximum Gasteiger partial charge on any atom is 0.325 e. The number of thiophene rings is 1. The Morgan fingerprint density at radius 3 is 2.52 bits per heavy atom. The quantitative estimate of drug-likeness (QED) is 0.641. The van der Waals surface area contributed by atoms with Crippen LogP contribution in [0.15, 0.2) is 41.8 Å². The summed E-state index contributed by atoms with van der Waals surface area (Å²) in [5.41, 5.74) is 0.397. The lowest BCUT2D eigenvalue weighted by Gasteiger charge is -2.12. The van der Waals surface area contributed by atoms with Crippen LogP contribution in [0.25, 0.3) is 0 Å². The predicted molar refractivity (Wildman–Crippen MR) is 102 cm³/mol. The third-order valence-corrected chi connectivity index (χ3v) is 4.59. The highest BCUT2D eigenvalue weighted by Crippen LogP contribution is 2.17. The molecule has 2 amide bonds. The van der Waals surface area contributed by atoms with Gasteiger partial charge < -0.3 is 20.1 Å². The van der Waals surface area contributed by atoms with Crippen LogP contribution in [-0.4, -0.2) is 37.5 Å². The fourth-order valence-corrected chi connectivity index (χ4v) is 2.95. The van der Waals surface area contributed by atoms with E-state index in [0.717, 1.165) is 4.88 Å². The van der Waals surface area contributed by atoms with E-state index in [1.807, 2.05) is 31.4 Å². The van der Waals surface area contributed by atoms with E-state index in [2.05, 4.69) is 10.6 Å². The van der Waals surface area contributed by atoms with Crippen LogP contribution in [0, 0.1) is 0 Å². The van der Waals surface area contributed by atoms with E-state index >= 15 is 0 Å². The molecule has 0 saturated heterocycles. The van der Waals surface area contributed by atoms with Gasteiger partial charge in [-0.15, -0.1) is 11.3 Å². The summed E-state index contributed by atoms with van der Waals surface area (Å²) in [6.07, 6.45) is 0. The van der Waals surface area contributed by atoms with Crippen LogP contribution in [0.5, 0.6) is 5.75 Å².